The quantitative estimate of drug-likeness (QED) is 0.682. The van der Waals surface area contributed by atoms with Gasteiger partial charge in [0.15, 0.2) is 0 Å². The SMILES string of the molecule is Cc1nn(CC(=O)N2CCC[C@@H](Nc3ccc(C(C)C)cc3)C2)c(=O)c2ccccc12. The summed E-state index contributed by atoms with van der Waals surface area (Å²) in [4.78, 5) is 27.6. The van der Waals surface area contributed by atoms with Crippen LogP contribution in [0.3, 0.4) is 0 Å². The lowest BCUT2D eigenvalue weighted by Crippen LogP contribution is -2.47. The summed E-state index contributed by atoms with van der Waals surface area (Å²) in [7, 11) is 0. The van der Waals surface area contributed by atoms with E-state index in [0.717, 1.165) is 29.6 Å². The maximum Gasteiger partial charge on any atom is 0.275 e. The van der Waals surface area contributed by atoms with Crippen molar-refractivity contribution >= 4 is 22.4 Å². The third-order valence-corrected chi connectivity index (χ3v) is 6.06. The van der Waals surface area contributed by atoms with Gasteiger partial charge in [-0.15, -0.1) is 0 Å². The molecule has 0 unspecified atom stereocenters. The summed E-state index contributed by atoms with van der Waals surface area (Å²) < 4.78 is 1.31. The number of carbonyl (C=O) groups excluding carboxylic acids is 1. The molecule has 1 aliphatic rings. The molecule has 1 N–H and O–H groups in total. The molecule has 1 amide bonds. The first-order chi connectivity index (χ1) is 14.9. The lowest BCUT2D eigenvalue weighted by molar-refractivity contribution is -0.133. The number of benzene rings is 2. The molecule has 6 nitrogen and oxygen atoms in total. The smallest absolute Gasteiger partial charge is 0.275 e. The summed E-state index contributed by atoms with van der Waals surface area (Å²) in [6, 6.07) is 16.1. The predicted octanol–water partition coefficient (Wildman–Crippen LogP) is 3.93. The molecule has 1 fully saturated rings. The number of rotatable bonds is 5. The zero-order valence-corrected chi connectivity index (χ0v) is 18.5. The number of piperidine rings is 1. The summed E-state index contributed by atoms with van der Waals surface area (Å²) in [6.45, 7) is 7.56. The number of hydrogen-bond donors (Lipinski definition) is 1. The van der Waals surface area contributed by atoms with Crippen LogP contribution in [0.25, 0.3) is 10.8 Å². The number of carbonyl (C=O) groups is 1. The Labute approximate surface area is 182 Å². The van der Waals surface area contributed by atoms with Gasteiger partial charge in [-0.1, -0.05) is 44.2 Å². The highest BCUT2D eigenvalue weighted by Gasteiger charge is 2.24. The van der Waals surface area contributed by atoms with Gasteiger partial charge in [0.05, 0.1) is 11.1 Å². The fourth-order valence-corrected chi connectivity index (χ4v) is 4.26. The van der Waals surface area contributed by atoms with Gasteiger partial charge in [-0.2, -0.15) is 5.10 Å². The van der Waals surface area contributed by atoms with E-state index in [4.69, 9.17) is 0 Å². The molecule has 1 aliphatic heterocycles. The average molecular weight is 419 g/mol. The number of fused-ring (bicyclic) bond motifs is 1. The van der Waals surface area contributed by atoms with Gasteiger partial charge >= 0.3 is 0 Å². The number of amides is 1. The summed E-state index contributed by atoms with van der Waals surface area (Å²) >= 11 is 0. The van der Waals surface area contributed by atoms with E-state index < -0.39 is 0 Å². The van der Waals surface area contributed by atoms with E-state index in [2.05, 4.69) is 48.5 Å². The van der Waals surface area contributed by atoms with Crippen molar-refractivity contribution < 1.29 is 4.79 Å². The van der Waals surface area contributed by atoms with Crippen LogP contribution in [0.4, 0.5) is 5.69 Å². The zero-order chi connectivity index (χ0) is 22.0. The van der Waals surface area contributed by atoms with Crippen molar-refractivity contribution in [2.24, 2.45) is 0 Å². The molecule has 0 radical (unpaired) electrons. The number of likely N-dealkylation sites (tertiary alicyclic amines) is 1. The van der Waals surface area contributed by atoms with Crippen LogP contribution in [0.2, 0.25) is 0 Å². The summed E-state index contributed by atoms with van der Waals surface area (Å²) in [5.41, 5.74) is 2.93. The fraction of sp³-hybridized carbons (Fsp3) is 0.400. The summed E-state index contributed by atoms with van der Waals surface area (Å²) in [6.07, 6.45) is 1.95. The Bertz CT molecular complexity index is 1130. The Hall–Kier alpha value is -3.15. The number of aromatic nitrogens is 2. The van der Waals surface area contributed by atoms with Crippen LogP contribution in [-0.4, -0.2) is 39.7 Å². The van der Waals surface area contributed by atoms with Crippen LogP contribution in [0.15, 0.2) is 53.3 Å². The maximum absolute atomic E-state index is 13.0. The minimum absolute atomic E-state index is 0.0275. The normalized spacial score (nSPS) is 16.6. The van der Waals surface area contributed by atoms with E-state index in [1.165, 1.54) is 10.2 Å². The molecule has 0 saturated carbocycles. The monoisotopic (exact) mass is 418 g/mol. The molecule has 2 heterocycles. The number of nitrogens with zero attached hydrogens (tertiary/aromatic N) is 3. The molecule has 162 valence electrons. The van der Waals surface area contributed by atoms with E-state index in [1.54, 1.807) is 6.07 Å². The largest absolute Gasteiger partial charge is 0.381 e. The second-order valence-corrected chi connectivity index (χ2v) is 8.69. The molecule has 0 aliphatic carbocycles. The van der Waals surface area contributed by atoms with Gasteiger partial charge < -0.3 is 10.2 Å². The van der Waals surface area contributed by atoms with E-state index in [0.29, 0.717) is 24.4 Å². The Kier molecular flexibility index (Phi) is 6.07. The third-order valence-electron chi connectivity index (χ3n) is 6.06. The van der Waals surface area contributed by atoms with Crippen molar-refractivity contribution in [3.63, 3.8) is 0 Å². The Morgan fingerprint density at radius 2 is 1.84 bits per heavy atom. The van der Waals surface area contributed by atoms with Crippen LogP contribution in [0.5, 0.6) is 0 Å². The molecule has 1 aromatic heterocycles. The number of aryl methyl sites for hydroxylation is 1. The van der Waals surface area contributed by atoms with E-state index >= 15 is 0 Å². The standard InChI is InChI=1S/C25H30N4O2/c1-17(2)19-10-12-20(13-11-19)26-21-7-6-14-28(15-21)24(30)16-29-25(31)23-9-5-4-8-22(23)18(3)27-29/h4-5,8-13,17,21,26H,6-7,14-16H2,1-3H3/t21-/m1/s1. The highest BCUT2D eigenvalue weighted by Crippen LogP contribution is 2.20. The van der Waals surface area contributed by atoms with Crippen LogP contribution in [0.1, 0.15) is 43.9 Å². The van der Waals surface area contributed by atoms with Crippen LogP contribution in [-0.2, 0) is 11.3 Å². The van der Waals surface area contributed by atoms with Crippen molar-refractivity contribution in [3.05, 3.63) is 70.1 Å². The highest BCUT2D eigenvalue weighted by molar-refractivity contribution is 5.83. The zero-order valence-electron chi connectivity index (χ0n) is 18.5. The average Bonchev–Trinajstić information content (AvgIpc) is 2.78. The van der Waals surface area contributed by atoms with Gasteiger partial charge in [0.2, 0.25) is 5.91 Å². The molecule has 6 heteroatoms. The number of nitrogens with one attached hydrogen (secondary N) is 1. The van der Waals surface area contributed by atoms with E-state index in [-0.39, 0.29) is 24.1 Å². The third kappa shape index (κ3) is 4.63. The van der Waals surface area contributed by atoms with Gasteiger partial charge in [0.1, 0.15) is 6.54 Å². The van der Waals surface area contributed by atoms with Crippen LogP contribution >= 0.6 is 0 Å². The predicted molar refractivity (Wildman–Crippen MR) is 124 cm³/mol. The molecule has 2 aromatic carbocycles. The molecule has 1 saturated heterocycles. The number of hydrogen-bond acceptors (Lipinski definition) is 4. The molecule has 1 atom stereocenters. The van der Waals surface area contributed by atoms with Crippen molar-refractivity contribution in [2.75, 3.05) is 18.4 Å². The summed E-state index contributed by atoms with van der Waals surface area (Å²) in [5, 5.41) is 9.39. The lowest BCUT2D eigenvalue weighted by atomic mass is 10.0. The van der Waals surface area contributed by atoms with Gasteiger partial charge in [-0.3, -0.25) is 9.59 Å². The first-order valence-corrected chi connectivity index (χ1v) is 11.0. The van der Waals surface area contributed by atoms with Gasteiger partial charge in [0.25, 0.3) is 5.56 Å². The van der Waals surface area contributed by atoms with E-state index in [9.17, 15) is 9.59 Å². The van der Waals surface area contributed by atoms with Gasteiger partial charge in [-0.25, -0.2) is 4.68 Å². The first-order valence-electron chi connectivity index (χ1n) is 11.0. The molecule has 31 heavy (non-hydrogen) atoms. The molecular formula is C25H30N4O2. The van der Waals surface area contributed by atoms with E-state index in [1.807, 2.05) is 30.0 Å². The minimum Gasteiger partial charge on any atom is -0.381 e. The van der Waals surface area contributed by atoms with Crippen molar-refractivity contribution in [1.82, 2.24) is 14.7 Å². The summed E-state index contributed by atoms with van der Waals surface area (Å²) in [5.74, 6) is 0.443. The van der Waals surface area contributed by atoms with Crippen LogP contribution in [0, 0.1) is 6.92 Å². The molecule has 0 spiro atoms. The molecule has 4 rings (SSSR count). The Morgan fingerprint density at radius 1 is 1.13 bits per heavy atom. The molecule has 0 bridgehead atoms. The fourth-order valence-electron chi connectivity index (χ4n) is 4.26. The Balaban J connectivity index is 1.44. The second-order valence-electron chi connectivity index (χ2n) is 8.69. The lowest BCUT2D eigenvalue weighted by Gasteiger charge is -2.34. The maximum atomic E-state index is 13.0. The van der Waals surface area contributed by atoms with Crippen LogP contribution < -0.4 is 10.9 Å². The first kappa shape index (κ1) is 21.1. The molecular weight excluding hydrogens is 388 g/mol. The van der Waals surface area contributed by atoms with Crippen molar-refractivity contribution in [3.8, 4) is 0 Å². The number of anilines is 1. The Morgan fingerprint density at radius 3 is 2.55 bits per heavy atom. The van der Waals surface area contributed by atoms with Gasteiger partial charge in [-0.05, 0) is 49.4 Å². The second kappa shape index (κ2) is 8.92. The van der Waals surface area contributed by atoms with Crippen molar-refractivity contribution in [2.45, 2.75) is 52.1 Å². The minimum atomic E-state index is -0.216. The van der Waals surface area contributed by atoms with Gasteiger partial charge in [0, 0.05) is 30.2 Å². The highest BCUT2D eigenvalue weighted by atomic mass is 16.2. The van der Waals surface area contributed by atoms with Crippen molar-refractivity contribution in [1.29, 1.82) is 0 Å². The topological polar surface area (TPSA) is 67.2 Å². The molecule has 3 aromatic rings.